The Balaban J connectivity index is 2.81. The highest BCUT2D eigenvalue weighted by atomic mass is 32.1. The summed E-state index contributed by atoms with van der Waals surface area (Å²) in [6, 6.07) is 0. The van der Waals surface area contributed by atoms with Crippen molar-refractivity contribution in [2.75, 3.05) is 11.9 Å². The molecule has 0 radical (unpaired) electrons. The van der Waals surface area contributed by atoms with Gasteiger partial charge in [0.2, 0.25) is 5.91 Å². The fourth-order valence-electron chi connectivity index (χ4n) is 0.979. The number of thiazole rings is 1. The summed E-state index contributed by atoms with van der Waals surface area (Å²) in [7, 11) is 1.75. The molecule has 13 heavy (non-hydrogen) atoms. The molecule has 1 amide bonds. The van der Waals surface area contributed by atoms with Crippen molar-refractivity contribution in [2.45, 2.75) is 20.8 Å². The van der Waals surface area contributed by atoms with Crippen LogP contribution in [0.2, 0.25) is 0 Å². The molecule has 0 N–H and O–H groups in total. The van der Waals surface area contributed by atoms with Crippen molar-refractivity contribution in [3.05, 3.63) is 10.9 Å². The maximum absolute atomic E-state index is 11.8. The van der Waals surface area contributed by atoms with Gasteiger partial charge in [-0.2, -0.15) is 0 Å². The number of nitrogens with zero attached hydrogens (tertiary/aromatic N) is 2. The highest BCUT2D eigenvalue weighted by Crippen LogP contribution is 2.21. The summed E-state index contributed by atoms with van der Waals surface area (Å²) < 4.78 is 0. The standard InChI is InChI=1S/C9H14N2OS/c1-9(2,3)8(12)11(4)7-5-13-6-10-7/h5-6H,1-4H3. The van der Waals surface area contributed by atoms with Gasteiger partial charge in [0.15, 0.2) is 0 Å². The van der Waals surface area contributed by atoms with E-state index in [4.69, 9.17) is 0 Å². The van der Waals surface area contributed by atoms with Crippen molar-refractivity contribution in [3.63, 3.8) is 0 Å². The normalized spacial score (nSPS) is 11.4. The first-order valence-corrected chi connectivity index (χ1v) is 5.03. The molecule has 3 nitrogen and oxygen atoms in total. The van der Waals surface area contributed by atoms with Crippen molar-refractivity contribution in [2.24, 2.45) is 5.41 Å². The summed E-state index contributed by atoms with van der Waals surface area (Å²) in [5.74, 6) is 0.809. The van der Waals surface area contributed by atoms with E-state index in [2.05, 4.69) is 4.98 Å². The third kappa shape index (κ3) is 2.28. The highest BCUT2D eigenvalue weighted by Gasteiger charge is 2.26. The van der Waals surface area contributed by atoms with Gasteiger partial charge in [-0.1, -0.05) is 20.8 Å². The predicted octanol–water partition coefficient (Wildman–Crippen LogP) is 2.15. The molecular weight excluding hydrogens is 184 g/mol. The van der Waals surface area contributed by atoms with E-state index in [1.165, 1.54) is 11.3 Å². The average molecular weight is 198 g/mol. The molecule has 0 bridgehead atoms. The molecule has 72 valence electrons. The molecule has 1 aromatic rings. The van der Waals surface area contributed by atoms with Gasteiger partial charge in [-0.15, -0.1) is 11.3 Å². The lowest BCUT2D eigenvalue weighted by Crippen LogP contribution is -2.36. The van der Waals surface area contributed by atoms with E-state index >= 15 is 0 Å². The van der Waals surface area contributed by atoms with Gasteiger partial charge < -0.3 is 0 Å². The van der Waals surface area contributed by atoms with Crippen LogP contribution in [-0.2, 0) is 4.79 Å². The van der Waals surface area contributed by atoms with Crippen LogP contribution >= 0.6 is 11.3 Å². The molecule has 4 heteroatoms. The van der Waals surface area contributed by atoms with E-state index in [1.807, 2.05) is 26.2 Å². The van der Waals surface area contributed by atoms with Gasteiger partial charge in [0.25, 0.3) is 0 Å². The number of rotatable bonds is 1. The highest BCUT2D eigenvalue weighted by molar-refractivity contribution is 7.07. The third-order valence-electron chi connectivity index (χ3n) is 1.71. The molecule has 0 unspecified atom stereocenters. The zero-order chi connectivity index (χ0) is 10.1. The fraction of sp³-hybridized carbons (Fsp3) is 0.556. The predicted molar refractivity (Wildman–Crippen MR) is 55.0 cm³/mol. The van der Waals surface area contributed by atoms with Crippen LogP contribution in [0.15, 0.2) is 10.9 Å². The lowest BCUT2D eigenvalue weighted by atomic mass is 9.95. The zero-order valence-electron chi connectivity index (χ0n) is 8.37. The first-order valence-electron chi connectivity index (χ1n) is 4.09. The van der Waals surface area contributed by atoms with Crippen molar-refractivity contribution >= 4 is 23.1 Å². The molecule has 0 aliphatic carbocycles. The minimum Gasteiger partial charge on any atom is -0.299 e. The van der Waals surface area contributed by atoms with E-state index in [9.17, 15) is 4.79 Å². The van der Waals surface area contributed by atoms with Crippen LogP contribution in [0, 0.1) is 5.41 Å². The van der Waals surface area contributed by atoms with Gasteiger partial charge in [-0.05, 0) is 0 Å². The maximum atomic E-state index is 11.8. The van der Waals surface area contributed by atoms with Crippen LogP contribution in [0.3, 0.4) is 0 Å². The second kappa shape index (κ2) is 3.46. The van der Waals surface area contributed by atoms with Crippen molar-refractivity contribution in [3.8, 4) is 0 Å². The summed E-state index contributed by atoms with van der Waals surface area (Å²) in [5, 5.41) is 1.86. The molecule has 1 rings (SSSR count). The monoisotopic (exact) mass is 198 g/mol. The largest absolute Gasteiger partial charge is 0.299 e. The molecule has 0 aliphatic heterocycles. The fourth-order valence-corrected chi connectivity index (χ4v) is 1.55. The van der Waals surface area contributed by atoms with Gasteiger partial charge in [0.05, 0.1) is 5.51 Å². The maximum Gasteiger partial charge on any atom is 0.233 e. The molecule has 0 atom stereocenters. The lowest BCUT2D eigenvalue weighted by molar-refractivity contribution is -0.125. The summed E-state index contributed by atoms with van der Waals surface area (Å²) >= 11 is 1.49. The second-order valence-corrected chi connectivity index (χ2v) is 4.68. The van der Waals surface area contributed by atoms with E-state index in [-0.39, 0.29) is 11.3 Å². The summed E-state index contributed by atoms with van der Waals surface area (Å²) in [4.78, 5) is 17.4. The van der Waals surface area contributed by atoms with Crippen LogP contribution < -0.4 is 4.90 Å². The molecule has 0 spiro atoms. The molecule has 1 aromatic heterocycles. The van der Waals surface area contributed by atoms with Gasteiger partial charge in [-0.3, -0.25) is 9.69 Å². The van der Waals surface area contributed by atoms with E-state index in [1.54, 1.807) is 17.5 Å². The summed E-state index contributed by atoms with van der Waals surface area (Å²) in [6.07, 6.45) is 0. The number of anilines is 1. The van der Waals surface area contributed by atoms with E-state index < -0.39 is 0 Å². The molecule has 0 saturated heterocycles. The van der Waals surface area contributed by atoms with Crippen molar-refractivity contribution in [1.29, 1.82) is 0 Å². The lowest BCUT2D eigenvalue weighted by Gasteiger charge is -2.24. The Hall–Kier alpha value is -0.900. The Morgan fingerprint density at radius 2 is 2.15 bits per heavy atom. The van der Waals surface area contributed by atoms with E-state index in [0.29, 0.717) is 0 Å². The Kier molecular flexibility index (Phi) is 2.71. The molecule has 0 aromatic carbocycles. The second-order valence-electron chi connectivity index (χ2n) is 3.96. The van der Waals surface area contributed by atoms with Crippen molar-refractivity contribution < 1.29 is 4.79 Å². The van der Waals surface area contributed by atoms with Gasteiger partial charge in [0.1, 0.15) is 5.82 Å². The molecule has 1 heterocycles. The van der Waals surface area contributed by atoms with Crippen LogP contribution in [0.25, 0.3) is 0 Å². The Bertz CT molecular complexity index is 287. The van der Waals surface area contributed by atoms with E-state index in [0.717, 1.165) is 5.82 Å². The number of hydrogen-bond acceptors (Lipinski definition) is 3. The quantitative estimate of drug-likeness (QED) is 0.692. The zero-order valence-corrected chi connectivity index (χ0v) is 9.18. The molecule has 0 aliphatic rings. The smallest absolute Gasteiger partial charge is 0.233 e. The number of carbonyl (C=O) groups is 1. The summed E-state index contributed by atoms with van der Waals surface area (Å²) in [5.41, 5.74) is 1.38. The Morgan fingerprint density at radius 3 is 2.54 bits per heavy atom. The minimum absolute atomic E-state index is 0.0819. The number of hydrogen-bond donors (Lipinski definition) is 0. The minimum atomic E-state index is -0.349. The van der Waals surface area contributed by atoms with Crippen LogP contribution in [0.4, 0.5) is 5.82 Å². The Labute approximate surface area is 82.4 Å². The average Bonchev–Trinajstić information content (AvgIpc) is 2.51. The van der Waals surface area contributed by atoms with Crippen LogP contribution in [0.5, 0.6) is 0 Å². The first kappa shape index (κ1) is 10.2. The van der Waals surface area contributed by atoms with Gasteiger partial charge >= 0.3 is 0 Å². The van der Waals surface area contributed by atoms with Gasteiger partial charge in [0, 0.05) is 17.8 Å². The van der Waals surface area contributed by atoms with Crippen molar-refractivity contribution in [1.82, 2.24) is 4.98 Å². The topological polar surface area (TPSA) is 33.2 Å². The molecular formula is C9H14N2OS. The Morgan fingerprint density at radius 1 is 1.54 bits per heavy atom. The molecule has 0 fully saturated rings. The SMILES string of the molecule is CN(C(=O)C(C)(C)C)c1cscn1. The summed E-state index contributed by atoms with van der Waals surface area (Å²) in [6.45, 7) is 5.70. The third-order valence-corrected chi connectivity index (χ3v) is 2.28. The van der Waals surface area contributed by atoms with Gasteiger partial charge in [-0.25, -0.2) is 4.98 Å². The first-order chi connectivity index (χ1) is 5.93. The number of carbonyl (C=O) groups excluding carboxylic acids is 1. The number of amides is 1. The number of aromatic nitrogens is 1. The molecule has 0 saturated carbocycles. The van der Waals surface area contributed by atoms with Crippen LogP contribution in [0.1, 0.15) is 20.8 Å². The van der Waals surface area contributed by atoms with Crippen LogP contribution in [-0.4, -0.2) is 17.9 Å².